The van der Waals surface area contributed by atoms with Gasteiger partial charge in [0.1, 0.15) is 6.17 Å². The summed E-state index contributed by atoms with van der Waals surface area (Å²) in [5.41, 5.74) is 2.74. The number of hydrogen-bond acceptors (Lipinski definition) is 9. The Morgan fingerprint density at radius 1 is 1.08 bits per heavy atom. The Balaban J connectivity index is 1.24. The number of carbonyl (C=O) groups excluding carboxylic acids is 3. The van der Waals surface area contributed by atoms with Crippen LogP contribution >= 0.6 is 0 Å². The molecule has 2 aromatic carbocycles. The number of nitrogen functional groups attached to an aromatic ring is 1. The van der Waals surface area contributed by atoms with Crippen LogP contribution in [0.4, 0.5) is 14.5 Å². The first-order valence-electron chi connectivity index (χ1n) is 18.2. The van der Waals surface area contributed by atoms with E-state index in [4.69, 9.17) is 19.9 Å². The summed E-state index contributed by atoms with van der Waals surface area (Å²) in [4.78, 5) is 39.8. The molecule has 53 heavy (non-hydrogen) atoms. The molecule has 4 aliphatic carbocycles. The number of alkyl halides is 2. The second-order valence-corrected chi connectivity index (χ2v) is 17.1. The van der Waals surface area contributed by atoms with Gasteiger partial charge in [0, 0.05) is 33.6 Å². The maximum atomic E-state index is 17.9. The number of rotatable bonds is 9. The van der Waals surface area contributed by atoms with Gasteiger partial charge in [-0.25, -0.2) is 13.6 Å². The number of aliphatic hydroxyl groups is 2. The number of aliphatic hydroxyl groups excluding tert-OH is 2. The Morgan fingerprint density at radius 2 is 1.81 bits per heavy atom. The molecule has 0 unspecified atom stereocenters. The van der Waals surface area contributed by atoms with E-state index in [1.807, 2.05) is 57.5 Å². The SMILES string of the molecule is C[C@]12C=CC(=O)C=C1[C@@H](F)C[C@H]1[C@@H]3C[C@H]4O[C@@H](c5cccc(Cc6ccc(CO)c(N)c6)c5)O[C@@]4(C(=O)COC(=O)C[N+](C)(C)C)[C@@]3(C)C[C@H](O)[C@@]12F. The van der Waals surface area contributed by atoms with Crippen molar-refractivity contribution < 1.29 is 52.1 Å². The molecule has 7 rings (SSSR count). The highest BCUT2D eigenvalue weighted by Crippen LogP contribution is 2.72. The van der Waals surface area contributed by atoms with E-state index in [2.05, 4.69) is 0 Å². The molecule has 0 radical (unpaired) electrons. The second-order valence-electron chi connectivity index (χ2n) is 17.1. The predicted octanol–water partition coefficient (Wildman–Crippen LogP) is 4.25. The molecule has 0 amide bonds. The zero-order valence-corrected chi connectivity index (χ0v) is 30.8. The Kier molecular flexibility index (Phi) is 9.13. The summed E-state index contributed by atoms with van der Waals surface area (Å²) < 4.78 is 53.2. The van der Waals surface area contributed by atoms with Crippen molar-refractivity contribution in [2.75, 3.05) is 40.0 Å². The summed E-state index contributed by atoms with van der Waals surface area (Å²) in [6.45, 7) is 2.53. The number of hydrogen-bond donors (Lipinski definition) is 3. The maximum Gasteiger partial charge on any atom is 0.362 e. The molecule has 4 N–H and O–H groups in total. The van der Waals surface area contributed by atoms with Gasteiger partial charge < -0.3 is 34.6 Å². The fourth-order valence-electron chi connectivity index (χ4n) is 10.3. The third kappa shape index (κ3) is 5.80. The zero-order chi connectivity index (χ0) is 38.3. The van der Waals surface area contributed by atoms with E-state index in [0.29, 0.717) is 23.2 Å². The Hall–Kier alpha value is -3.81. The average molecular weight is 736 g/mol. The number of nitrogens with two attached hydrogens (primary N) is 1. The number of Topliss-reactive ketones (excluding diaryl/α,β-unsaturated/α-hetero) is 1. The number of halogens is 2. The fourth-order valence-corrected chi connectivity index (χ4v) is 10.3. The van der Waals surface area contributed by atoms with Gasteiger partial charge >= 0.3 is 5.97 Å². The van der Waals surface area contributed by atoms with Crippen LogP contribution in [0.5, 0.6) is 0 Å². The van der Waals surface area contributed by atoms with Crippen molar-refractivity contribution in [2.45, 2.75) is 82.1 Å². The molecule has 1 heterocycles. The predicted molar refractivity (Wildman–Crippen MR) is 190 cm³/mol. The molecule has 4 fully saturated rings. The molecule has 10 nitrogen and oxygen atoms in total. The van der Waals surface area contributed by atoms with Gasteiger partial charge in [-0.2, -0.15) is 0 Å². The molecule has 12 heteroatoms. The number of nitrogens with zero attached hydrogens (tertiary/aromatic N) is 1. The number of carbonyl (C=O) groups is 3. The van der Waals surface area contributed by atoms with E-state index in [1.54, 1.807) is 13.0 Å². The third-order valence-corrected chi connectivity index (χ3v) is 12.8. The largest absolute Gasteiger partial charge is 0.453 e. The highest BCUT2D eigenvalue weighted by atomic mass is 19.1. The lowest BCUT2D eigenvalue weighted by Gasteiger charge is -2.63. The summed E-state index contributed by atoms with van der Waals surface area (Å²) in [5, 5.41) is 21.5. The molecule has 10 atom stereocenters. The van der Waals surface area contributed by atoms with Crippen molar-refractivity contribution in [3.8, 4) is 0 Å². The molecule has 0 aromatic heterocycles. The van der Waals surface area contributed by atoms with Crippen LogP contribution in [0.2, 0.25) is 0 Å². The van der Waals surface area contributed by atoms with Crippen LogP contribution < -0.4 is 5.73 Å². The molecule has 0 bridgehead atoms. The molecule has 1 aliphatic heterocycles. The first-order valence-corrected chi connectivity index (χ1v) is 18.2. The van der Waals surface area contributed by atoms with Gasteiger partial charge in [0.2, 0.25) is 5.78 Å². The number of quaternary nitrogens is 1. The minimum absolute atomic E-state index is 0.0122. The van der Waals surface area contributed by atoms with Crippen molar-refractivity contribution in [3.05, 3.63) is 88.5 Å². The summed E-state index contributed by atoms with van der Waals surface area (Å²) in [6, 6.07) is 13.0. The van der Waals surface area contributed by atoms with Gasteiger partial charge in [-0.1, -0.05) is 49.4 Å². The fraction of sp³-hybridized carbons (Fsp3) is 0.537. The summed E-state index contributed by atoms with van der Waals surface area (Å²) in [5.74, 6) is -3.31. The highest BCUT2D eigenvalue weighted by Gasteiger charge is 2.80. The van der Waals surface area contributed by atoms with Gasteiger partial charge in [0.15, 0.2) is 36.5 Å². The van der Waals surface area contributed by atoms with E-state index < -0.39 is 82.7 Å². The number of benzene rings is 2. The lowest BCUT2D eigenvalue weighted by atomic mass is 9.44. The Morgan fingerprint density at radius 3 is 2.51 bits per heavy atom. The Bertz CT molecular complexity index is 1910. The van der Waals surface area contributed by atoms with Crippen LogP contribution in [-0.4, -0.2) is 96.2 Å². The highest BCUT2D eigenvalue weighted by molar-refractivity contribution is 6.01. The van der Waals surface area contributed by atoms with Gasteiger partial charge in [-0.15, -0.1) is 0 Å². The molecular weight excluding hydrogens is 686 g/mol. The normalized spacial score (nSPS) is 37.3. The van der Waals surface area contributed by atoms with Crippen LogP contribution in [0.25, 0.3) is 0 Å². The van der Waals surface area contributed by atoms with Gasteiger partial charge in [-0.05, 0) is 73.4 Å². The Labute approximate surface area is 308 Å². The second kappa shape index (κ2) is 12.9. The van der Waals surface area contributed by atoms with Crippen LogP contribution in [-0.2, 0) is 41.6 Å². The van der Waals surface area contributed by atoms with Crippen molar-refractivity contribution in [1.29, 1.82) is 0 Å². The number of fused-ring (bicyclic) bond motifs is 7. The molecular formula is C41H49F2N2O8+. The van der Waals surface area contributed by atoms with Crippen LogP contribution in [0, 0.1) is 22.7 Å². The first-order chi connectivity index (χ1) is 24.9. The van der Waals surface area contributed by atoms with E-state index in [-0.39, 0.29) is 42.5 Å². The molecule has 5 aliphatic rings. The number of ketones is 2. The van der Waals surface area contributed by atoms with Gasteiger partial charge in [-0.3, -0.25) is 9.59 Å². The van der Waals surface area contributed by atoms with E-state index in [0.717, 1.165) is 17.2 Å². The maximum absolute atomic E-state index is 17.9. The molecule has 3 saturated carbocycles. The van der Waals surface area contributed by atoms with Crippen molar-refractivity contribution in [2.24, 2.45) is 22.7 Å². The standard InChI is InChI=1S/C41H49F2N2O8/c1-38-12-11-27(47)16-30(38)31(42)17-29-28-18-35-41(39(28,2)19-33(48)40(29,38)43,34(49)22-51-36(50)20-45(3,4)5)53-37(52-35)25-8-6-7-23(14-25)13-24-9-10-26(21-46)32(44)15-24/h6-12,14-16,28-29,31,33,35,37,46,48H,13,17-22,44H2,1-5H3/q+1/t28-,29-,31-,33-,35+,37+,38-,39-,40-,41+/m0/s1. The summed E-state index contributed by atoms with van der Waals surface area (Å²) in [7, 11) is 5.46. The number of ether oxygens (including phenoxy) is 3. The number of likely N-dealkylation sites (N-methyl/N-ethyl adjacent to an activating group) is 1. The molecule has 1 saturated heterocycles. The summed E-state index contributed by atoms with van der Waals surface area (Å²) >= 11 is 0. The smallest absolute Gasteiger partial charge is 0.362 e. The number of anilines is 1. The zero-order valence-electron chi connectivity index (χ0n) is 30.8. The molecule has 0 spiro atoms. The minimum atomic E-state index is -2.35. The van der Waals surface area contributed by atoms with Gasteiger partial charge in [0.25, 0.3) is 0 Å². The van der Waals surface area contributed by atoms with E-state index in [9.17, 15) is 24.6 Å². The van der Waals surface area contributed by atoms with Gasteiger partial charge in [0.05, 0.1) is 40.0 Å². The van der Waals surface area contributed by atoms with Crippen LogP contribution in [0.1, 0.15) is 61.7 Å². The van der Waals surface area contributed by atoms with Crippen molar-refractivity contribution in [3.63, 3.8) is 0 Å². The lowest BCUT2D eigenvalue weighted by Crippen LogP contribution is -2.70. The quantitative estimate of drug-likeness (QED) is 0.196. The van der Waals surface area contributed by atoms with E-state index >= 15 is 8.78 Å². The first kappa shape index (κ1) is 37.5. The monoisotopic (exact) mass is 735 g/mol. The van der Waals surface area contributed by atoms with Crippen molar-refractivity contribution in [1.82, 2.24) is 0 Å². The third-order valence-electron chi connectivity index (χ3n) is 12.8. The van der Waals surface area contributed by atoms with E-state index in [1.165, 1.54) is 19.1 Å². The lowest BCUT2D eigenvalue weighted by molar-refractivity contribution is -0.862. The number of esters is 1. The average Bonchev–Trinajstić information content (AvgIpc) is 3.59. The van der Waals surface area contributed by atoms with Crippen LogP contribution in [0.3, 0.4) is 0 Å². The molecule has 2 aromatic rings. The van der Waals surface area contributed by atoms with Crippen molar-refractivity contribution >= 4 is 23.2 Å². The summed E-state index contributed by atoms with van der Waals surface area (Å²) in [6.07, 6.45) is -1.38. The molecule has 284 valence electrons. The number of allylic oxidation sites excluding steroid dienone is 4. The van der Waals surface area contributed by atoms with Crippen LogP contribution in [0.15, 0.2) is 66.3 Å². The topological polar surface area (TPSA) is 145 Å². The minimum Gasteiger partial charge on any atom is -0.453 e.